The average Bonchev–Trinajstić information content (AvgIpc) is 2.47. The van der Waals surface area contributed by atoms with Gasteiger partial charge in [-0.2, -0.15) is 0 Å². The minimum atomic E-state index is -1.09. The standard InChI is InChI=1S/C13H22N2O6/c1-4-19-11(16)9-7-8-14-15(13(18)21-6-3)10(9)12(17)20-5-2/h9-10,14H,4-8H2,1-3H3. The van der Waals surface area contributed by atoms with E-state index >= 15 is 0 Å². The lowest BCUT2D eigenvalue weighted by Gasteiger charge is -2.37. The molecule has 0 aliphatic carbocycles. The Hall–Kier alpha value is -1.83. The molecule has 0 aromatic rings. The zero-order valence-corrected chi connectivity index (χ0v) is 12.6. The molecule has 2 unspecified atom stereocenters. The minimum absolute atomic E-state index is 0.154. The van der Waals surface area contributed by atoms with Crippen molar-refractivity contribution in [2.75, 3.05) is 26.4 Å². The zero-order chi connectivity index (χ0) is 15.8. The Balaban J connectivity index is 2.97. The van der Waals surface area contributed by atoms with Crippen LogP contribution >= 0.6 is 0 Å². The Morgan fingerprint density at radius 1 is 1.00 bits per heavy atom. The van der Waals surface area contributed by atoms with Crippen molar-refractivity contribution < 1.29 is 28.6 Å². The van der Waals surface area contributed by atoms with Crippen molar-refractivity contribution in [2.45, 2.75) is 33.2 Å². The number of ether oxygens (including phenoxy) is 3. The van der Waals surface area contributed by atoms with E-state index in [0.29, 0.717) is 13.0 Å². The topological polar surface area (TPSA) is 94.2 Å². The van der Waals surface area contributed by atoms with Crippen molar-refractivity contribution in [3.05, 3.63) is 0 Å². The highest BCUT2D eigenvalue weighted by atomic mass is 16.6. The Morgan fingerprint density at radius 3 is 2.14 bits per heavy atom. The Morgan fingerprint density at radius 2 is 1.57 bits per heavy atom. The molecular formula is C13H22N2O6. The van der Waals surface area contributed by atoms with Crippen molar-refractivity contribution in [3.63, 3.8) is 0 Å². The van der Waals surface area contributed by atoms with Gasteiger partial charge in [0.25, 0.3) is 0 Å². The number of amides is 1. The van der Waals surface area contributed by atoms with E-state index in [1.165, 1.54) is 0 Å². The fourth-order valence-electron chi connectivity index (χ4n) is 2.14. The van der Waals surface area contributed by atoms with Crippen LogP contribution in [-0.2, 0) is 23.8 Å². The lowest BCUT2D eigenvalue weighted by molar-refractivity contribution is -0.165. The molecular weight excluding hydrogens is 280 g/mol. The normalized spacial score (nSPS) is 21.6. The van der Waals surface area contributed by atoms with Crippen molar-refractivity contribution >= 4 is 18.0 Å². The predicted molar refractivity (Wildman–Crippen MR) is 72.0 cm³/mol. The van der Waals surface area contributed by atoms with Crippen LogP contribution in [0.5, 0.6) is 0 Å². The number of carbonyl (C=O) groups excluding carboxylic acids is 3. The van der Waals surface area contributed by atoms with Crippen LogP contribution in [0.25, 0.3) is 0 Å². The second kappa shape index (κ2) is 8.46. The number of hydrazine groups is 1. The highest BCUT2D eigenvalue weighted by Crippen LogP contribution is 2.22. The second-order valence-electron chi connectivity index (χ2n) is 4.32. The smallest absolute Gasteiger partial charge is 0.425 e. The maximum Gasteiger partial charge on any atom is 0.425 e. The van der Waals surface area contributed by atoms with Gasteiger partial charge in [-0.05, 0) is 27.2 Å². The van der Waals surface area contributed by atoms with E-state index in [1.807, 2.05) is 0 Å². The van der Waals surface area contributed by atoms with E-state index < -0.39 is 30.0 Å². The average molecular weight is 302 g/mol. The molecule has 0 saturated carbocycles. The second-order valence-corrected chi connectivity index (χ2v) is 4.32. The van der Waals surface area contributed by atoms with Gasteiger partial charge < -0.3 is 14.2 Å². The molecule has 1 rings (SSSR count). The maximum atomic E-state index is 12.1. The van der Waals surface area contributed by atoms with E-state index in [4.69, 9.17) is 14.2 Å². The number of rotatable bonds is 5. The van der Waals surface area contributed by atoms with Gasteiger partial charge in [0.2, 0.25) is 0 Å². The van der Waals surface area contributed by atoms with Gasteiger partial charge in [0.15, 0.2) is 6.04 Å². The Labute approximate surface area is 123 Å². The number of esters is 2. The quantitative estimate of drug-likeness (QED) is 0.582. The molecule has 0 spiro atoms. The van der Waals surface area contributed by atoms with Gasteiger partial charge in [0, 0.05) is 6.54 Å². The molecule has 0 aromatic carbocycles. The van der Waals surface area contributed by atoms with E-state index in [2.05, 4.69) is 5.43 Å². The third-order valence-corrected chi connectivity index (χ3v) is 2.98. The first-order valence-electron chi connectivity index (χ1n) is 7.09. The Bertz CT molecular complexity index is 361. The molecule has 21 heavy (non-hydrogen) atoms. The van der Waals surface area contributed by atoms with Gasteiger partial charge in [0.1, 0.15) is 0 Å². The molecule has 0 bridgehead atoms. The number of nitrogens with one attached hydrogen (secondary N) is 1. The van der Waals surface area contributed by atoms with Gasteiger partial charge in [-0.3, -0.25) is 4.79 Å². The largest absolute Gasteiger partial charge is 0.466 e. The molecule has 120 valence electrons. The van der Waals surface area contributed by atoms with Gasteiger partial charge >= 0.3 is 18.0 Å². The van der Waals surface area contributed by atoms with Gasteiger partial charge in [0.05, 0.1) is 25.7 Å². The number of hydrogen-bond donors (Lipinski definition) is 1. The summed E-state index contributed by atoms with van der Waals surface area (Å²) in [6, 6.07) is -1.09. The Kier molecular flexibility index (Phi) is 6.93. The highest BCUT2D eigenvalue weighted by molar-refractivity contribution is 5.88. The molecule has 1 saturated heterocycles. The van der Waals surface area contributed by atoms with Crippen LogP contribution in [0.3, 0.4) is 0 Å². The maximum absolute atomic E-state index is 12.1. The van der Waals surface area contributed by atoms with Crippen LogP contribution in [0, 0.1) is 5.92 Å². The van der Waals surface area contributed by atoms with Crippen LogP contribution in [0.15, 0.2) is 0 Å². The summed E-state index contributed by atoms with van der Waals surface area (Å²) in [6.07, 6.45) is -0.345. The summed E-state index contributed by atoms with van der Waals surface area (Å²) in [5.41, 5.74) is 2.77. The van der Waals surface area contributed by atoms with E-state index in [0.717, 1.165) is 5.01 Å². The first-order valence-corrected chi connectivity index (χ1v) is 7.09. The van der Waals surface area contributed by atoms with E-state index in [9.17, 15) is 14.4 Å². The summed E-state index contributed by atoms with van der Waals surface area (Å²) >= 11 is 0. The summed E-state index contributed by atoms with van der Waals surface area (Å²) in [5, 5.41) is 1.02. The fourth-order valence-corrected chi connectivity index (χ4v) is 2.14. The van der Waals surface area contributed by atoms with Crippen molar-refractivity contribution in [1.82, 2.24) is 10.4 Å². The van der Waals surface area contributed by atoms with Crippen LogP contribution in [-0.4, -0.2) is 55.4 Å². The van der Waals surface area contributed by atoms with E-state index in [1.54, 1.807) is 20.8 Å². The number of carbonyl (C=O) groups is 3. The third-order valence-electron chi connectivity index (χ3n) is 2.98. The van der Waals surface area contributed by atoms with E-state index in [-0.39, 0.29) is 19.8 Å². The molecule has 8 nitrogen and oxygen atoms in total. The van der Waals surface area contributed by atoms with Crippen molar-refractivity contribution in [3.8, 4) is 0 Å². The molecule has 2 atom stereocenters. The van der Waals surface area contributed by atoms with Crippen molar-refractivity contribution in [1.29, 1.82) is 0 Å². The zero-order valence-electron chi connectivity index (χ0n) is 12.6. The molecule has 1 amide bonds. The fraction of sp³-hybridized carbons (Fsp3) is 0.769. The summed E-state index contributed by atoms with van der Waals surface area (Å²) in [6.45, 7) is 5.88. The molecule has 1 fully saturated rings. The monoisotopic (exact) mass is 302 g/mol. The van der Waals surface area contributed by atoms with Crippen LogP contribution in [0.4, 0.5) is 4.79 Å². The summed E-state index contributed by atoms with van der Waals surface area (Å²) < 4.78 is 14.8. The first-order chi connectivity index (χ1) is 10.1. The van der Waals surface area contributed by atoms with Gasteiger partial charge in [-0.25, -0.2) is 20.0 Å². The molecule has 0 radical (unpaired) electrons. The number of nitrogens with zero attached hydrogens (tertiary/aromatic N) is 1. The van der Waals surface area contributed by atoms with Crippen molar-refractivity contribution in [2.24, 2.45) is 5.92 Å². The lowest BCUT2D eigenvalue weighted by Crippen LogP contribution is -2.62. The number of hydrogen-bond acceptors (Lipinski definition) is 7. The highest BCUT2D eigenvalue weighted by Gasteiger charge is 2.45. The van der Waals surface area contributed by atoms with Crippen LogP contribution in [0.2, 0.25) is 0 Å². The van der Waals surface area contributed by atoms with Crippen LogP contribution in [0.1, 0.15) is 27.2 Å². The van der Waals surface area contributed by atoms with Crippen LogP contribution < -0.4 is 5.43 Å². The minimum Gasteiger partial charge on any atom is -0.466 e. The molecule has 8 heteroatoms. The first kappa shape index (κ1) is 17.2. The molecule has 1 N–H and O–H groups in total. The molecule has 1 heterocycles. The van der Waals surface area contributed by atoms with Gasteiger partial charge in [-0.15, -0.1) is 0 Å². The predicted octanol–water partition coefficient (Wildman–Crippen LogP) is 0.464. The van der Waals surface area contributed by atoms with Gasteiger partial charge in [-0.1, -0.05) is 0 Å². The summed E-state index contributed by atoms with van der Waals surface area (Å²) in [7, 11) is 0. The SMILES string of the molecule is CCOC(=O)C1CCNN(C(=O)OCC)C1C(=O)OCC. The third kappa shape index (κ3) is 4.32. The molecule has 1 aliphatic heterocycles. The summed E-state index contributed by atoms with van der Waals surface area (Å²) in [4.78, 5) is 36.0. The summed E-state index contributed by atoms with van der Waals surface area (Å²) in [5.74, 6) is -1.95. The molecule has 0 aromatic heterocycles. The lowest BCUT2D eigenvalue weighted by atomic mass is 9.94. The molecule has 1 aliphatic rings.